The van der Waals surface area contributed by atoms with E-state index in [0.29, 0.717) is 5.96 Å². The Labute approximate surface area is 174 Å². The van der Waals surface area contributed by atoms with E-state index in [1.165, 1.54) is 43.2 Å². The molecule has 0 bridgehead atoms. The van der Waals surface area contributed by atoms with Gasteiger partial charge in [0.05, 0.1) is 19.8 Å². The molecule has 1 aromatic carbocycles. The number of aliphatic imine (C=N–C) groups is 1. The van der Waals surface area contributed by atoms with Crippen LogP contribution in [0.1, 0.15) is 43.2 Å². The lowest BCUT2D eigenvalue weighted by Crippen LogP contribution is -2.56. The summed E-state index contributed by atoms with van der Waals surface area (Å²) in [7, 11) is 0. The molecule has 2 fully saturated rings. The van der Waals surface area contributed by atoms with E-state index in [1.54, 1.807) is 0 Å². The van der Waals surface area contributed by atoms with Crippen LogP contribution in [0, 0.1) is 13.8 Å². The molecule has 1 aromatic rings. The summed E-state index contributed by atoms with van der Waals surface area (Å²) >= 11 is 0. The second kappa shape index (κ2) is 9.90. The van der Waals surface area contributed by atoms with Crippen LogP contribution in [0.25, 0.3) is 0 Å². The van der Waals surface area contributed by atoms with Crippen molar-refractivity contribution in [3.63, 3.8) is 0 Å². The van der Waals surface area contributed by atoms with E-state index in [2.05, 4.69) is 42.3 Å². The van der Waals surface area contributed by atoms with Crippen molar-refractivity contribution < 1.29 is 4.74 Å². The highest BCUT2D eigenvalue weighted by atomic mass is 127. The maximum atomic E-state index is 6.21. The van der Waals surface area contributed by atoms with Crippen LogP contribution >= 0.6 is 24.0 Å². The molecule has 26 heavy (non-hydrogen) atoms. The third-order valence-electron chi connectivity index (χ3n) is 5.50. The van der Waals surface area contributed by atoms with Gasteiger partial charge in [0.2, 0.25) is 0 Å². The van der Waals surface area contributed by atoms with Crippen LogP contribution in [0.5, 0.6) is 0 Å². The average Bonchev–Trinajstić information content (AvgIpc) is 2.61. The first-order valence-corrected chi connectivity index (χ1v) is 9.55. The minimum absolute atomic E-state index is 0. The van der Waals surface area contributed by atoms with Gasteiger partial charge >= 0.3 is 0 Å². The van der Waals surface area contributed by atoms with Crippen LogP contribution in [0.4, 0.5) is 5.69 Å². The molecule has 0 unspecified atom stereocenters. The molecule has 0 atom stereocenters. The Hall–Kier alpha value is -0.860. The average molecular weight is 472 g/mol. The second-order valence-electron chi connectivity index (χ2n) is 7.59. The number of aryl methyl sites for hydroxylation is 2. The highest BCUT2D eigenvalue weighted by Gasteiger charge is 2.38. The number of nitrogens with two attached hydrogens (primary N) is 1. The van der Waals surface area contributed by atoms with Gasteiger partial charge in [-0.25, -0.2) is 0 Å². The van der Waals surface area contributed by atoms with Crippen LogP contribution < -0.4 is 11.1 Å². The zero-order chi connectivity index (χ0) is 17.7. The van der Waals surface area contributed by atoms with E-state index in [0.717, 1.165) is 38.5 Å². The molecule has 0 amide bonds. The number of nitrogens with zero attached hydrogens (tertiary/aromatic N) is 2. The molecule has 3 rings (SSSR count). The van der Waals surface area contributed by atoms with Gasteiger partial charge in [0, 0.05) is 24.3 Å². The number of benzene rings is 1. The Morgan fingerprint density at radius 1 is 1.12 bits per heavy atom. The van der Waals surface area contributed by atoms with E-state index in [1.807, 2.05) is 0 Å². The molecule has 1 aliphatic carbocycles. The Balaban J connectivity index is 0.00000243. The molecule has 0 radical (unpaired) electrons. The summed E-state index contributed by atoms with van der Waals surface area (Å²) in [6, 6.07) is 6.37. The van der Waals surface area contributed by atoms with Crippen molar-refractivity contribution in [3.8, 4) is 0 Å². The Morgan fingerprint density at radius 3 is 2.35 bits per heavy atom. The molecule has 5 nitrogen and oxygen atoms in total. The van der Waals surface area contributed by atoms with Crippen molar-refractivity contribution in [1.29, 1.82) is 0 Å². The van der Waals surface area contributed by atoms with Gasteiger partial charge in [-0.1, -0.05) is 25.3 Å². The zero-order valence-electron chi connectivity index (χ0n) is 16.1. The zero-order valence-corrected chi connectivity index (χ0v) is 18.4. The first kappa shape index (κ1) is 21.4. The second-order valence-corrected chi connectivity index (χ2v) is 7.59. The maximum absolute atomic E-state index is 6.21. The summed E-state index contributed by atoms with van der Waals surface area (Å²) in [6.45, 7) is 8.67. The molecule has 1 heterocycles. The highest BCUT2D eigenvalue weighted by molar-refractivity contribution is 14.0. The molecular weight excluding hydrogens is 439 g/mol. The lowest BCUT2D eigenvalue weighted by atomic mass is 9.80. The predicted molar refractivity (Wildman–Crippen MR) is 120 cm³/mol. The van der Waals surface area contributed by atoms with Crippen molar-refractivity contribution in [2.75, 3.05) is 38.2 Å². The van der Waals surface area contributed by atoms with E-state index >= 15 is 0 Å². The number of nitrogens with one attached hydrogen (secondary N) is 1. The summed E-state index contributed by atoms with van der Waals surface area (Å²) in [4.78, 5) is 7.35. The molecule has 0 aromatic heterocycles. The van der Waals surface area contributed by atoms with Crippen LogP contribution in [0.2, 0.25) is 0 Å². The monoisotopic (exact) mass is 472 g/mol. The van der Waals surface area contributed by atoms with Crippen molar-refractivity contribution in [2.24, 2.45) is 10.7 Å². The van der Waals surface area contributed by atoms with Gasteiger partial charge < -0.3 is 15.8 Å². The minimum atomic E-state index is 0. The quantitative estimate of drug-likeness (QED) is 0.399. The molecule has 0 spiro atoms. The Kier molecular flexibility index (Phi) is 8.16. The van der Waals surface area contributed by atoms with Gasteiger partial charge in [0.1, 0.15) is 0 Å². The van der Waals surface area contributed by atoms with Gasteiger partial charge in [0.15, 0.2) is 5.96 Å². The Morgan fingerprint density at radius 2 is 1.73 bits per heavy atom. The summed E-state index contributed by atoms with van der Waals surface area (Å²) in [5.41, 5.74) is 9.85. The van der Waals surface area contributed by atoms with Gasteiger partial charge in [-0.15, -0.1) is 24.0 Å². The van der Waals surface area contributed by atoms with Crippen molar-refractivity contribution >= 4 is 35.6 Å². The number of morpholine rings is 1. The number of halogens is 1. The lowest BCUT2D eigenvalue weighted by molar-refractivity contribution is -0.0333. The van der Waals surface area contributed by atoms with E-state index < -0.39 is 0 Å². The molecule has 2 aliphatic rings. The molecule has 6 heteroatoms. The first-order chi connectivity index (χ1) is 12.1. The molecule has 3 N–H and O–H groups in total. The number of hydrogen-bond donors (Lipinski definition) is 2. The minimum Gasteiger partial charge on any atom is -0.379 e. The highest BCUT2D eigenvalue weighted by Crippen LogP contribution is 2.34. The molecular formula is C20H33IN4O. The third-order valence-corrected chi connectivity index (χ3v) is 5.50. The molecule has 1 aliphatic heterocycles. The van der Waals surface area contributed by atoms with Gasteiger partial charge in [-0.2, -0.15) is 0 Å². The third kappa shape index (κ3) is 5.57. The fourth-order valence-electron chi connectivity index (χ4n) is 4.29. The topological polar surface area (TPSA) is 62.9 Å². The normalized spacial score (nSPS) is 21.1. The smallest absolute Gasteiger partial charge is 0.193 e. The SMILES string of the molecule is Cc1cc(C)cc(NC(N)=NCC2(N3CCOCC3)CCCCC2)c1.I. The maximum Gasteiger partial charge on any atom is 0.193 e. The molecule has 1 saturated heterocycles. The number of anilines is 1. The van der Waals surface area contributed by atoms with E-state index in [4.69, 9.17) is 15.5 Å². The number of hydrogen-bond acceptors (Lipinski definition) is 3. The first-order valence-electron chi connectivity index (χ1n) is 9.55. The van der Waals surface area contributed by atoms with Crippen molar-refractivity contribution in [1.82, 2.24) is 4.90 Å². The Bertz CT molecular complexity index is 588. The summed E-state index contributed by atoms with van der Waals surface area (Å²) < 4.78 is 5.55. The largest absolute Gasteiger partial charge is 0.379 e. The fraction of sp³-hybridized carbons (Fsp3) is 0.650. The number of rotatable bonds is 4. The summed E-state index contributed by atoms with van der Waals surface area (Å²) in [5.74, 6) is 0.517. The van der Waals surface area contributed by atoms with Gasteiger partial charge in [-0.3, -0.25) is 9.89 Å². The van der Waals surface area contributed by atoms with Crippen LogP contribution in [-0.2, 0) is 4.74 Å². The van der Waals surface area contributed by atoms with Gasteiger partial charge in [-0.05, 0) is 49.9 Å². The van der Waals surface area contributed by atoms with Crippen molar-refractivity contribution in [2.45, 2.75) is 51.5 Å². The standard InChI is InChI=1S/C20H32N4O.HI/c1-16-12-17(2)14-18(13-16)23-19(21)22-15-20(6-4-3-5-7-20)24-8-10-25-11-9-24;/h12-14H,3-11,15H2,1-2H3,(H3,21,22,23);1H. The summed E-state index contributed by atoms with van der Waals surface area (Å²) in [6.07, 6.45) is 6.35. The number of guanidine groups is 1. The van der Waals surface area contributed by atoms with Crippen LogP contribution in [0.15, 0.2) is 23.2 Å². The van der Waals surface area contributed by atoms with Crippen LogP contribution in [0.3, 0.4) is 0 Å². The fourth-order valence-corrected chi connectivity index (χ4v) is 4.29. The molecule has 146 valence electrons. The van der Waals surface area contributed by atoms with E-state index in [-0.39, 0.29) is 29.5 Å². The van der Waals surface area contributed by atoms with Crippen LogP contribution in [-0.4, -0.2) is 49.2 Å². The predicted octanol–water partition coefficient (Wildman–Crippen LogP) is 3.68. The van der Waals surface area contributed by atoms with E-state index in [9.17, 15) is 0 Å². The number of ether oxygens (including phenoxy) is 1. The molecule has 1 saturated carbocycles. The van der Waals surface area contributed by atoms with Crippen molar-refractivity contribution in [3.05, 3.63) is 29.3 Å². The summed E-state index contributed by atoms with van der Waals surface area (Å²) in [5, 5.41) is 3.27. The lowest BCUT2D eigenvalue weighted by Gasteiger charge is -2.47. The van der Waals surface area contributed by atoms with Gasteiger partial charge in [0.25, 0.3) is 0 Å².